The lowest BCUT2D eigenvalue weighted by molar-refractivity contribution is 0.510. The van der Waals surface area contributed by atoms with Crippen LogP contribution in [0.5, 0.6) is 0 Å². The molecule has 37 valence electrons. The molecule has 0 spiro atoms. The van der Waals surface area contributed by atoms with Gasteiger partial charge >= 0.3 is 0 Å². The summed E-state index contributed by atoms with van der Waals surface area (Å²) in [5.41, 5.74) is 2.61. The van der Waals surface area contributed by atoms with Crippen molar-refractivity contribution in [1.29, 1.82) is 0 Å². The summed E-state index contributed by atoms with van der Waals surface area (Å²) in [5.74, 6) is -2.50. The van der Waals surface area contributed by atoms with Gasteiger partial charge in [-0.1, -0.05) is 10.5 Å². The lowest BCUT2D eigenvalue weighted by Crippen LogP contribution is -1.82. The first kappa shape index (κ1) is 4.17. The molecule has 1 radical (unpaired) electrons. The highest BCUT2D eigenvalue weighted by Crippen LogP contribution is 2.12. The van der Waals surface area contributed by atoms with Crippen LogP contribution in [0, 0.1) is 0 Å². The molecule has 3 nitrogen and oxygen atoms in total. The molecule has 5 heteroatoms. The Morgan fingerprint density at radius 2 is 1.86 bits per heavy atom. The quantitative estimate of drug-likeness (QED) is 0.412. The van der Waals surface area contributed by atoms with Gasteiger partial charge in [-0.3, -0.25) is 0 Å². The molecule has 7 heavy (non-hydrogen) atoms. The zero-order chi connectivity index (χ0) is 5.28. The first-order chi connectivity index (χ1) is 3.30. The molecule has 0 aromatic heterocycles. The van der Waals surface area contributed by atoms with Crippen molar-refractivity contribution in [2.24, 2.45) is 10.3 Å². The lowest BCUT2D eigenvalue weighted by Gasteiger charge is -1.72. The van der Waals surface area contributed by atoms with Gasteiger partial charge in [0.25, 0.3) is 11.9 Å². The minimum absolute atomic E-state index is 1.25. The van der Waals surface area contributed by atoms with E-state index in [1.165, 1.54) is 0 Å². The molecule has 0 unspecified atom stereocenters. The van der Waals surface area contributed by atoms with E-state index in [2.05, 4.69) is 15.8 Å². The van der Waals surface area contributed by atoms with Crippen molar-refractivity contribution >= 4 is 0 Å². The van der Waals surface area contributed by atoms with Crippen LogP contribution in [0.4, 0.5) is 8.78 Å². The summed E-state index contributed by atoms with van der Waals surface area (Å²) in [6.45, 7) is 0. The molecule has 0 bridgehead atoms. The summed E-state index contributed by atoms with van der Waals surface area (Å²) >= 11 is 0. The summed E-state index contributed by atoms with van der Waals surface area (Å²) < 4.78 is 22.9. The van der Waals surface area contributed by atoms with E-state index < -0.39 is 11.9 Å². The first-order valence-electron chi connectivity index (χ1n) is 1.48. The van der Waals surface area contributed by atoms with Crippen LogP contribution in [0.3, 0.4) is 0 Å². The second kappa shape index (κ2) is 1.25. The normalized spacial score (nSPS) is 18.0. The van der Waals surface area contributed by atoms with Crippen LogP contribution in [0.25, 0.3) is 0 Å². The van der Waals surface area contributed by atoms with Gasteiger partial charge in [-0.25, -0.2) is 0 Å². The van der Waals surface area contributed by atoms with Crippen molar-refractivity contribution in [1.82, 2.24) is 5.43 Å². The minimum Gasteiger partial charge on any atom is -0.178 e. The molecule has 1 heterocycles. The molecule has 0 aliphatic carbocycles. The predicted octanol–water partition coefficient (Wildman–Crippen LogP) is 1.04. The van der Waals surface area contributed by atoms with Gasteiger partial charge in [-0.2, -0.15) is 8.78 Å². The molecule has 0 aromatic carbocycles. The van der Waals surface area contributed by atoms with E-state index in [0.717, 1.165) is 0 Å². The van der Waals surface area contributed by atoms with Crippen LogP contribution in [0.2, 0.25) is 0 Å². The van der Waals surface area contributed by atoms with Crippen molar-refractivity contribution in [3.05, 3.63) is 11.9 Å². The Kier molecular flexibility index (Phi) is 0.744. The maximum absolute atomic E-state index is 11.5. The van der Waals surface area contributed by atoms with E-state index in [0.29, 0.717) is 0 Å². The van der Waals surface area contributed by atoms with E-state index in [1.54, 1.807) is 0 Å². The van der Waals surface area contributed by atoms with E-state index in [4.69, 9.17) is 0 Å². The Morgan fingerprint density at radius 1 is 1.14 bits per heavy atom. The Labute approximate surface area is 37.7 Å². The van der Waals surface area contributed by atoms with Gasteiger partial charge in [0.1, 0.15) is 0 Å². The topological polar surface area (TPSA) is 38.8 Å². The molecule has 0 aromatic rings. The largest absolute Gasteiger partial charge is 0.291 e. The molecular formula is C2F2N3. The standard InChI is InChI=1S/C2F2N3/c3-1-2(4)6-7-5-1. The SMILES string of the molecule is FC1=C(F)N=N[N]1. The van der Waals surface area contributed by atoms with E-state index >= 15 is 0 Å². The second-order valence-corrected chi connectivity index (χ2v) is 0.871. The third-order valence-electron chi connectivity index (χ3n) is 0.435. The molecule has 1 aliphatic rings. The number of nitrogens with zero attached hydrogens (tertiary/aromatic N) is 3. The Bertz CT molecular complexity index is 138. The average Bonchev–Trinajstić information content (AvgIpc) is 1.91. The van der Waals surface area contributed by atoms with Gasteiger partial charge in [0.2, 0.25) is 0 Å². The monoisotopic (exact) mass is 104 g/mol. The summed E-state index contributed by atoms with van der Waals surface area (Å²) in [6.07, 6.45) is 0. The van der Waals surface area contributed by atoms with Crippen molar-refractivity contribution in [3.8, 4) is 0 Å². The smallest absolute Gasteiger partial charge is 0.178 e. The maximum atomic E-state index is 11.5. The fourth-order valence-electron chi connectivity index (χ4n) is 0.183. The van der Waals surface area contributed by atoms with E-state index in [-0.39, 0.29) is 0 Å². The summed E-state index contributed by atoms with van der Waals surface area (Å²) in [5, 5.41) is 5.28. The zero-order valence-corrected chi connectivity index (χ0v) is 3.10. The summed E-state index contributed by atoms with van der Waals surface area (Å²) in [6, 6.07) is 0. The number of hydrogen-bond donors (Lipinski definition) is 0. The van der Waals surface area contributed by atoms with Crippen molar-refractivity contribution in [2.45, 2.75) is 0 Å². The van der Waals surface area contributed by atoms with E-state index in [1.807, 2.05) is 0 Å². The molecule has 0 fully saturated rings. The van der Waals surface area contributed by atoms with Crippen LogP contribution in [-0.2, 0) is 0 Å². The second-order valence-electron chi connectivity index (χ2n) is 0.871. The molecule has 1 aliphatic heterocycles. The van der Waals surface area contributed by atoms with Crippen LogP contribution < -0.4 is 5.43 Å². The lowest BCUT2D eigenvalue weighted by atomic mass is 10.9. The fraction of sp³-hybridized carbons (Fsp3) is 0. The third kappa shape index (κ3) is 0.556. The molecule has 0 amide bonds. The summed E-state index contributed by atoms with van der Waals surface area (Å²) in [4.78, 5) is 0. The van der Waals surface area contributed by atoms with Gasteiger partial charge in [0, 0.05) is 0 Å². The highest BCUT2D eigenvalue weighted by molar-refractivity contribution is 4.96. The molecular weight excluding hydrogens is 104 g/mol. The number of rotatable bonds is 0. The third-order valence-corrected chi connectivity index (χ3v) is 0.435. The molecule has 0 atom stereocenters. The van der Waals surface area contributed by atoms with Gasteiger partial charge < -0.3 is 0 Å². The van der Waals surface area contributed by atoms with E-state index in [9.17, 15) is 8.78 Å². The highest BCUT2D eigenvalue weighted by atomic mass is 19.2. The zero-order valence-electron chi connectivity index (χ0n) is 3.10. The van der Waals surface area contributed by atoms with Crippen molar-refractivity contribution in [2.75, 3.05) is 0 Å². The van der Waals surface area contributed by atoms with Gasteiger partial charge in [0.05, 0.1) is 0 Å². The van der Waals surface area contributed by atoms with Gasteiger partial charge in [0.15, 0.2) is 0 Å². The van der Waals surface area contributed by atoms with Crippen LogP contribution in [-0.4, -0.2) is 0 Å². The number of halogens is 2. The van der Waals surface area contributed by atoms with Gasteiger partial charge in [-0.15, -0.1) is 0 Å². The number of hydrogen-bond acceptors (Lipinski definition) is 2. The fourth-order valence-corrected chi connectivity index (χ4v) is 0.183. The molecule has 1 rings (SSSR count). The minimum atomic E-state index is -1.25. The molecule has 0 saturated heterocycles. The molecule has 0 N–H and O–H groups in total. The Hall–Kier alpha value is -1.00. The van der Waals surface area contributed by atoms with Crippen molar-refractivity contribution < 1.29 is 8.78 Å². The van der Waals surface area contributed by atoms with Crippen LogP contribution in [0.15, 0.2) is 22.2 Å². The highest BCUT2D eigenvalue weighted by Gasteiger charge is 2.10. The maximum Gasteiger partial charge on any atom is 0.291 e. The average molecular weight is 104 g/mol. The van der Waals surface area contributed by atoms with Crippen LogP contribution >= 0.6 is 0 Å². The summed E-state index contributed by atoms with van der Waals surface area (Å²) in [7, 11) is 0. The van der Waals surface area contributed by atoms with Crippen molar-refractivity contribution in [3.63, 3.8) is 0 Å². The van der Waals surface area contributed by atoms with Gasteiger partial charge in [-0.05, 0) is 5.22 Å². The van der Waals surface area contributed by atoms with Crippen LogP contribution in [0.1, 0.15) is 0 Å². The predicted molar refractivity (Wildman–Crippen MR) is 16.2 cm³/mol. The Balaban J connectivity index is 2.79. The first-order valence-corrected chi connectivity index (χ1v) is 1.48. The Morgan fingerprint density at radius 3 is 2.00 bits per heavy atom. The molecule has 0 saturated carbocycles.